The molecule has 4 nitrogen and oxygen atoms in total. The van der Waals surface area contributed by atoms with Crippen molar-refractivity contribution >= 4 is 5.91 Å². The van der Waals surface area contributed by atoms with Crippen LogP contribution in [0.3, 0.4) is 0 Å². The number of carbonyl (C=O) groups excluding carboxylic acids is 1. The molecular weight excluding hydrogens is 249 g/mol. The molecule has 0 aliphatic carbocycles. The van der Waals surface area contributed by atoms with Gasteiger partial charge >= 0.3 is 6.18 Å². The molecule has 1 aromatic heterocycles. The first-order valence-electron chi connectivity index (χ1n) is 5.74. The van der Waals surface area contributed by atoms with Crippen LogP contribution in [0.15, 0.2) is 10.8 Å². The molecular formula is C11H13F3N2O2. The first-order valence-corrected chi connectivity index (χ1v) is 5.74. The van der Waals surface area contributed by atoms with Crippen molar-refractivity contribution in [1.29, 1.82) is 0 Å². The van der Waals surface area contributed by atoms with E-state index in [0.29, 0.717) is 6.54 Å². The average Bonchev–Trinajstić information content (AvgIpc) is 2.62. The zero-order valence-corrected chi connectivity index (χ0v) is 9.59. The summed E-state index contributed by atoms with van der Waals surface area (Å²) in [6.45, 7) is 0.588. The fourth-order valence-electron chi connectivity index (χ4n) is 2.18. The number of halogens is 3. The van der Waals surface area contributed by atoms with Crippen molar-refractivity contribution in [3.8, 4) is 0 Å². The summed E-state index contributed by atoms with van der Waals surface area (Å²) in [6, 6.07) is 0. The van der Waals surface area contributed by atoms with Crippen LogP contribution in [0, 0.1) is 5.92 Å². The predicted molar refractivity (Wildman–Crippen MR) is 55.6 cm³/mol. The van der Waals surface area contributed by atoms with E-state index in [0.717, 1.165) is 19.1 Å². The number of nitrogens with zero attached hydrogens (tertiary/aromatic N) is 1. The van der Waals surface area contributed by atoms with E-state index in [9.17, 15) is 18.0 Å². The van der Waals surface area contributed by atoms with Gasteiger partial charge in [-0.1, -0.05) is 5.16 Å². The SMILES string of the molecule is O=C1CC(Cc2conc2C(F)(F)F)CCCN1. The Hall–Kier alpha value is -1.53. The first kappa shape index (κ1) is 12.9. The monoisotopic (exact) mass is 262 g/mol. The van der Waals surface area contributed by atoms with Gasteiger partial charge in [0.05, 0.1) is 0 Å². The third-order valence-electron chi connectivity index (χ3n) is 3.01. The summed E-state index contributed by atoms with van der Waals surface area (Å²) in [5, 5.41) is 5.69. The van der Waals surface area contributed by atoms with Gasteiger partial charge in [0.15, 0.2) is 5.69 Å². The molecule has 1 N–H and O–H groups in total. The molecule has 1 saturated heterocycles. The predicted octanol–water partition coefficient (Wildman–Crippen LogP) is 2.15. The van der Waals surface area contributed by atoms with Crippen LogP contribution in [0.25, 0.3) is 0 Å². The van der Waals surface area contributed by atoms with Crippen molar-refractivity contribution in [2.45, 2.75) is 31.9 Å². The van der Waals surface area contributed by atoms with Crippen molar-refractivity contribution in [3.05, 3.63) is 17.5 Å². The molecule has 18 heavy (non-hydrogen) atoms. The van der Waals surface area contributed by atoms with Gasteiger partial charge in [0.1, 0.15) is 6.26 Å². The third kappa shape index (κ3) is 3.02. The van der Waals surface area contributed by atoms with E-state index in [-0.39, 0.29) is 30.2 Å². The molecule has 1 aliphatic rings. The first-order chi connectivity index (χ1) is 8.47. The minimum absolute atomic E-state index is 0.0298. The van der Waals surface area contributed by atoms with E-state index in [1.807, 2.05) is 0 Å². The molecule has 1 unspecified atom stereocenters. The fourth-order valence-corrected chi connectivity index (χ4v) is 2.18. The summed E-state index contributed by atoms with van der Waals surface area (Å²) < 4.78 is 42.2. The van der Waals surface area contributed by atoms with Crippen molar-refractivity contribution in [1.82, 2.24) is 10.5 Å². The van der Waals surface area contributed by atoms with Gasteiger partial charge in [0.25, 0.3) is 0 Å². The lowest BCUT2D eigenvalue weighted by Gasteiger charge is -2.12. The van der Waals surface area contributed by atoms with Gasteiger partial charge in [-0.2, -0.15) is 13.2 Å². The lowest BCUT2D eigenvalue weighted by Crippen LogP contribution is -2.23. The number of nitrogens with one attached hydrogen (secondary N) is 1. The third-order valence-corrected chi connectivity index (χ3v) is 3.01. The maximum atomic E-state index is 12.6. The highest BCUT2D eigenvalue weighted by atomic mass is 19.4. The van der Waals surface area contributed by atoms with Gasteiger partial charge in [0.2, 0.25) is 5.91 Å². The van der Waals surface area contributed by atoms with Crippen molar-refractivity contribution < 1.29 is 22.5 Å². The van der Waals surface area contributed by atoms with Crippen LogP contribution >= 0.6 is 0 Å². The van der Waals surface area contributed by atoms with E-state index in [1.54, 1.807) is 0 Å². The number of hydrogen-bond donors (Lipinski definition) is 1. The normalized spacial score (nSPS) is 21.5. The van der Waals surface area contributed by atoms with Gasteiger partial charge in [0, 0.05) is 18.5 Å². The zero-order chi connectivity index (χ0) is 13.2. The smallest absolute Gasteiger partial charge is 0.364 e. The van der Waals surface area contributed by atoms with Gasteiger partial charge in [-0.25, -0.2) is 0 Å². The molecule has 100 valence electrons. The quantitative estimate of drug-likeness (QED) is 0.888. The Labute approximate surface area is 102 Å². The Morgan fingerprint density at radius 1 is 1.50 bits per heavy atom. The van der Waals surface area contributed by atoms with E-state index in [2.05, 4.69) is 15.0 Å². The number of rotatable bonds is 2. The van der Waals surface area contributed by atoms with Crippen LogP contribution < -0.4 is 5.32 Å². The second kappa shape index (κ2) is 4.99. The highest BCUT2D eigenvalue weighted by Crippen LogP contribution is 2.32. The van der Waals surface area contributed by atoms with Crippen molar-refractivity contribution in [3.63, 3.8) is 0 Å². The van der Waals surface area contributed by atoms with Crippen molar-refractivity contribution in [2.24, 2.45) is 5.92 Å². The summed E-state index contributed by atoms with van der Waals surface area (Å²) >= 11 is 0. The topological polar surface area (TPSA) is 55.1 Å². The summed E-state index contributed by atoms with van der Waals surface area (Å²) in [4.78, 5) is 11.3. The van der Waals surface area contributed by atoms with E-state index >= 15 is 0 Å². The lowest BCUT2D eigenvalue weighted by molar-refractivity contribution is -0.143. The number of alkyl halides is 3. The molecule has 2 rings (SSSR count). The molecule has 2 heterocycles. The minimum Gasteiger partial charge on any atom is -0.364 e. The number of amides is 1. The van der Waals surface area contributed by atoms with Crippen LogP contribution in [0.2, 0.25) is 0 Å². The van der Waals surface area contributed by atoms with E-state index in [1.165, 1.54) is 0 Å². The minimum atomic E-state index is -4.50. The zero-order valence-electron chi connectivity index (χ0n) is 9.59. The Morgan fingerprint density at radius 3 is 3.00 bits per heavy atom. The largest absolute Gasteiger partial charge is 0.437 e. The Bertz CT molecular complexity index is 428. The molecule has 1 aliphatic heterocycles. The Balaban J connectivity index is 2.09. The second-order valence-corrected chi connectivity index (χ2v) is 4.45. The summed E-state index contributed by atoms with van der Waals surface area (Å²) in [6.07, 6.45) is -1.56. The van der Waals surface area contributed by atoms with Crippen molar-refractivity contribution in [2.75, 3.05) is 6.54 Å². The maximum absolute atomic E-state index is 12.6. The molecule has 0 saturated carbocycles. The lowest BCUT2D eigenvalue weighted by atomic mass is 9.93. The number of hydrogen-bond acceptors (Lipinski definition) is 3. The molecule has 1 amide bonds. The summed E-state index contributed by atoms with van der Waals surface area (Å²) in [5.74, 6) is -0.199. The molecule has 1 aromatic rings. The molecule has 7 heteroatoms. The maximum Gasteiger partial charge on any atom is 0.437 e. The van der Waals surface area contributed by atoms with E-state index < -0.39 is 11.9 Å². The standard InChI is InChI=1S/C11H13F3N2O2/c12-11(13,14)10-8(6-18-16-10)4-7-2-1-3-15-9(17)5-7/h6-7H,1-5H2,(H,15,17). The average molecular weight is 262 g/mol. The molecule has 0 aromatic carbocycles. The van der Waals surface area contributed by atoms with Crippen LogP contribution in [0.4, 0.5) is 13.2 Å². The van der Waals surface area contributed by atoms with Gasteiger partial charge in [-0.05, 0) is 25.2 Å². The summed E-state index contributed by atoms with van der Waals surface area (Å²) in [5.41, 5.74) is -0.950. The molecule has 0 radical (unpaired) electrons. The summed E-state index contributed by atoms with van der Waals surface area (Å²) in [7, 11) is 0. The highest BCUT2D eigenvalue weighted by Gasteiger charge is 2.38. The Morgan fingerprint density at radius 2 is 2.28 bits per heavy atom. The second-order valence-electron chi connectivity index (χ2n) is 4.45. The molecule has 0 bridgehead atoms. The number of carbonyl (C=O) groups is 1. The Kier molecular flexibility index (Phi) is 3.58. The van der Waals surface area contributed by atoms with Crippen LogP contribution in [-0.2, 0) is 17.4 Å². The molecule has 0 spiro atoms. The molecule has 1 atom stereocenters. The molecule has 1 fully saturated rings. The number of aromatic nitrogens is 1. The van der Waals surface area contributed by atoms with Gasteiger partial charge in [-0.15, -0.1) is 0 Å². The van der Waals surface area contributed by atoms with Gasteiger partial charge < -0.3 is 9.84 Å². The van der Waals surface area contributed by atoms with Crippen LogP contribution in [0.1, 0.15) is 30.5 Å². The fraction of sp³-hybridized carbons (Fsp3) is 0.636. The van der Waals surface area contributed by atoms with Crippen LogP contribution in [0.5, 0.6) is 0 Å². The highest BCUT2D eigenvalue weighted by molar-refractivity contribution is 5.76. The van der Waals surface area contributed by atoms with Crippen LogP contribution in [-0.4, -0.2) is 17.6 Å². The van der Waals surface area contributed by atoms with Gasteiger partial charge in [-0.3, -0.25) is 4.79 Å². The van der Waals surface area contributed by atoms with E-state index in [4.69, 9.17) is 0 Å².